The lowest BCUT2D eigenvalue weighted by Gasteiger charge is -2.14. The molecule has 0 saturated carbocycles. The molecule has 0 spiro atoms. The highest BCUT2D eigenvalue weighted by Crippen LogP contribution is 2.19. The lowest BCUT2D eigenvalue weighted by molar-refractivity contribution is -0.134. The fourth-order valence-electron chi connectivity index (χ4n) is 2.99. The van der Waals surface area contributed by atoms with Gasteiger partial charge in [0, 0.05) is 49.4 Å². The lowest BCUT2D eigenvalue weighted by atomic mass is 10.1. The summed E-state index contributed by atoms with van der Waals surface area (Å²) >= 11 is 0. The number of carboxylic acids is 2. The Hall–Kier alpha value is -4.18. The molecule has 0 saturated heterocycles. The van der Waals surface area contributed by atoms with Gasteiger partial charge < -0.3 is 30.2 Å². The van der Waals surface area contributed by atoms with Gasteiger partial charge in [-0.2, -0.15) is 0 Å². The minimum Gasteiger partial charge on any atom is -0.478 e. The monoisotopic (exact) mass is 485 g/mol. The van der Waals surface area contributed by atoms with E-state index in [1.54, 1.807) is 13.1 Å². The quantitative estimate of drug-likeness (QED) is 0.268. The van der Waals surface area contributed by atoms with E-state index in [-0.39, 0.29) is 11.9 Å². The Morgan fingerprint density at radius 1 is 1.11 bits per heavy atom. The maximum absolute atomic E-state index is 13.3. The molecule has 10 heteroatoms. The molecule has 186 valence electrons. The number of H-pyrrole nitrogens is 1. The molecule has 0 atom stereocenters. The maximum Gasteiger partial charge on any atom is 0.414 e. The van der Waals surface area contributed by atoms with Crippen LogP contribution in [0, 0.1) is 5.82 Å². The van der Waals surface area contributed by atoms with Crippen molar-refractivity contribution in [2.75, 3.05) is 20.1 Å². The largest absolute Gasteiger partial charge is 0.478 e. The Kier molecular flexibility index (Phi) is 10.4. The van der Waals surface area contributed by atoms with Crippen molar-refractivity contribution in [1.29, 1.82) is 0 Å². The van der Waals surface area contributed by atoms with Crippen molar-refractivity contribution in [2.45, 2.75) is 19.9 Å². The van der Waals surface area contributed by atoms with Crippen LogP contribution >= 0.6 is 0 Å². The highest BCUT2D eigenvalue weighted by atomic mass is 19.1. The van der Waals surface area contributed by atoms with E-state index >= 15 is 0 Å². The average molecular weight is 486 g/mol. The van der Waals surface area contributed by atoms with Gasteiger partial charge in [0.1, 0.15) is 11.6 Å². The second kappa shape index (κ2) is 13.5. The van der Waals surface area contributed by atoms with Crippen LogP contribution in [0.4, 0.5) is 9.18 Å². The van der Waals surface area contributed by atoms with E-state index in [4.69, 9.17) is 14.9 Å². The van der Waals surface area contributed by atoms with E-state index in [1.807, 2.05) is 37.4 Å². The van der Waals surface area contributed by atoms with Crippen LogP contribution < -0.4 is 10.1 Å². The fraction of sp³-hybridized carbons (Fsp3) is 0.240. The molecule has 0 aliphatic rings. The molecule has 3 rings (SSSR count). The van der Waals surface area contributed by atoms with E-state index in [9.17, 15) is 18.8 Å². The third kappa shape index (κ3) is 9.30. The number of hydrogen-bond acceptors (Lipinski definition) is 5. The molecule has 2 aromatic carbocycles. The molecule has 9 nitrogen and oxygen atoms in total. The molecule has 3 aromatic rings. The molecular formula is C25H28FN3O6. The number of carbonyl (C=O) groups is 3. The Bertz CT molecular complexity index is 1170. The normalized spacial score (nSPS) is 10.6. The average Bonchev–Trinajstić information content (AvgIpc) is 3.22. The zero-order valence-corrected chi connectivity index (χ0v) is 19.5. The van der Waals surface area contributed by atoms with Crippen molar-refractivity contribution in [3.8, 4) is 5.75 Å². The summed E-state index contributed by atoms with van der Waals surface area (Å²) in [7, 11) is 1.70. The summed E-state index contributed by atoms with van der Waals surface area (Å²) < 4.78 is 18.6. The summed E-state index contributed by atoms with van der Waals surface area (Å²) in [6.07, 6.45) is 3.51. The van der Waals surface area contributed by atoms with Gasteiger partial charge in [0.05, 0.1) is 0 Å². The number of fused-ring (bicyclic) bond motifs is 1. The molecule has 0 unspecified atom stereocenters. The summed E-state index contributed by atoms with van der Waals surface area (Å²) in [6, 6.07) is 12.3. The van der Waals surface area contributed by atoms with E-state index in [2.05, 4.69) is 10.3 Å². The van der Waals surface area contributed by atoms with Crippen molar-refractivity contribution >= 4 is 28.9 Å². The second-order valence-electron chi connectivity index (χ2n) is 7.47. The minimum atomic E-state index is -1.26. The van der Waals surface area contributed by atoms with Gasteiger partial charge >= 0.3 is 18.0 Å². The number of hydrogen-bond donors (Lipinski definition) is 4. The van der Waals surface area contributed by atoms with Crippen LogP contribution in [0.15, 0.2) is 60.8 Å². The van der Waals surface area contributed by atoms with Gasteiger partial charge in [-0.15, -0.1) is 0 Å². The minimum absolute atomic E-state index is 0.236. The summed E-state index contributed by atoms with van der Waals surface area (Å²) in [5, 5.41) is 20.1. The van der Waals surface area contributed by atoms with Crippen molar-refractivity contribution in [3.63, 3.8) is 0 Å². The summed E-state index contributed by atoms with van der Waals surface area (Å²) in [6.45, 7) is 3.95. The third-order valence-corrected chi connectivity index (χ3v) is 4.89. The number of aromatic amines is 1. The first-order valence-electron chi connectivity index (χ1n) is 10.8. The molecule has 0 radical (unpaired) electrons. The van der Waals surface area contributed by atoms with Gasteiger partial charge in [0.15, 0.2) is 0 Å². The van der Waals surface area contributed by atoms with Crippen molar-refractivity contribution < 1.29 is 33.7 Å². The topological polar surface area (TPSA) is 132 Å². The zero-order valence-electron chi connectivity index (χ0n) is 19.5. The van der Waals surface area contributed by atoms with Crippen LogP contribution in [0.3, 0.4) is 0 Å². The third-order valence-electron chi connectivity index (χ3n) is 4.89. The predicted molar refractivity (Wildman–Crippen MR) is 129 cm³/mol. The van der Waals surface area contributed by atoms with Crippen LogP contribution in [0.5, 0.6) is 5.75 Å². The summed E-state index contributed by atoms with van der Waals surface area (Å²) in [5.74, 6) is -2.21. The van der Waals surface area contributed by atoms with Gasteiger partial charge in [0.2, 0.25) is 0 Å². The number of carbonyl (C=O) groups excluding carboxylic acids is 1. The molecule has 4 N–H and O–H groups in total. The van der Waals surface area contributed by atoms with E-state index in [1.165, 1.54) is 17.0 Å². The van der Waals surface area contributed by atoms with Crippen LogP contribution in [0.2, 0.25) is 0 Å². The Morgan fingerprint density at radius 2 is 1.83 bits per heavy atom. The lowest BCUT2D eigenvalue weighted by Crippen LogP contribution is -2.29. The molecule has 0 aliphatic heterocycles. The number of rotatable bonds is 9. The SMILES string of the molecule is CCN(C)C(=O)Oc1cccc(CNCCc2c[nH]c3cc(F)ccc23)c1.O=C(O)/C=C/C(=O)O. The number of carboxylic acid groups (broad SMARTS) is 2. The van der Waals surface area contributed by atoms with Crippen molar-refractivity contribution in [1.82, 2.24) is 15.2 Å². The number of nitrogens with one attached hydrogen (secondary N) is 2. The van der Waals surface area contributed by atoms with Crippen LogP contribution in [0.1, 0.15) is 18.1 Å². The Labute approximate surface area is 201 Å². The maximum atomic E-state index is 13.3. The number of ether oxygens (including phenoxy) is 1. The van der Waals surface area contributed by atoms with E-state index in [0.717, 1.165) is 35.0 Å². The van der Waals surface area contributed by atoms with E-state index in [0.29, 0.717) is 31.0 Å². The Balaban J connectivity index is 0.000000466. The van der Waals surface area contributed by atoms with E-state index < -0.39 is 11.9 Å². The molecule has 0 aliphatic carbocycles. The molecule has 1 heterocycles. The Morgan fingerprint density at radius 3 is 2.49 bits per heavy atom. The first-order chi connectivity index (χ1) is 16.7. The van der Waals surface area contributed by atoms with Gasteiger partial charge in [-0.1, -0.05) is 12.1 Å². The van der Waals surface area contributed by atoms with Crippen molar-refractivity contribution in [2.24, 2.45) is 0 Å². The number of halogens is 1. The predicted octanol–water partition coefficient (Wildman–Crippen LogP) is 3.80. The number of nitrogens with zero attached hydrogens (tertiary/aromatic N) is 1. The number of benzene rings is 2. The fourth-order valence-corrected chi connectivity index (χ4v) is 2.99. The smallest absolute Gasteiger partial charge is 0.414 e. The standard InChI is InChI=1S/C21H24FN3O2.C4H4O4/c1-3-25(2)21(26)27-18-6-4-5-15(11-18)13-23-10-9-16-14-24-20-12-17(22)7-8-19(16)20;5-3(6)1-2-4(7)8/h4-8,11-12,14,23-24H,3,9-10,13H2,1-2H3;1-2H,(H,5,6)(H,7,8)/b;2-1+. The molecular weight excluding hydrogens is 457 g/mol. The number of amides is 1. The highest BCUT2D eigenvalue weighted by Gasteiger charge is 2.09. The van der Waals surface area contributed by atoms with Crippen LogP contribution in [-0.2, 0) is 22.6 Å². The summed E-state index contributed by atoms with van der Waals surface area (Å²) in [4.78, 5) is 35.6. The molecule has 1 amide bonds. The first kappa shape index (κ1) is 27.1. The molecule has 0 fully saturated rings. The molecule has 35 heavy (non-hydrogen) atoms. The van der Waals surface area contributed by atoms with Crippen LogP contribution in [-0.4, -0.2) is 58.3 Å². The first-order valence-corrected chi connectivity index (χ1v) is 10.8. The summed E-state index contributed by atoms with van der Waals surface area (Å²) in [5.41, 5.74) is 3.01. The molecule has 1 aromatic heterocycles. The van der Waals surface area contributed by atoms with Crippen LogP contribution in [0.25, 0.3) is 10.9 Å². The van der Waals surface area contributed by atoms with Gasteiger partial charge in [-0.05, 0) is 61.3 Å². The number of aromatic nitrogens is 1. The van der Waals surface area contributed by atoms with Crippen molar-refractivity contribution in [3.05, 3.63) is 77.8 Å². The molecule has 0 bridgehead atoms. The zero-order chi connectivity index (χ0) is 25.8. The van der Waals surface area contributed by atoms with Gasteiger partial charge in [-0.3, -0.25) is 0 Å². The van der Waals surface area contributed by atoms with Gasteiger partial charge in [0.25, 0.3) is 0 Å². The van der Waals surface area contributed by atoms with Gasteiger partial charge in [-0.25, -0.2) is 18.8 Å². The second-order valence-corrected chi connectivity index (χ2v) is 7.47. The number of aliphatic carboxylic acids is 2. The highest BCUT2D eigenvalue weighted by molar-refractivity contribution is 5.89.